The smallest absolute Gasteiger partial charge is 0.163 e. The van der Waals surface area contributed by atoms with Gasteiger partial charge < -0.3 is 10.1 Å². The SMILES string of the molecule is COc1cc(Br)c(F)cc1NC(C#N)=C(C#N)C#N. The van der Waals surface area contributed by atoms with Crippen molar-refractivity contribution in [2.24, 2.45) is 0 Å². The summed E-state index contributed by atoms with van der Waals surface area (Å²) in [6.45, 7) is 0. The lowest BCUT2D eigenvalue weighted by atomic mass is 10.2. The van der Waals surface area contributed by atoms with Crippen LogP contribution >= 0.6 is 15.9 Å². The number of anilines is 1. The van der Waals surface area contributed by atoms with E-state index in [4.69, 9.17) is 20.5 Å². The number of methoxy groups -OCH3 is 1. The molecule has 5 nitrogen and oxygen atoms in total. The zero-order chi connectivity index (χ0) is 14.4. The Bertz CT molecular complexity index is 648. The molecule has 0 spiro atoms. The molecule has 0 amide bonds. The Labute approximate surface area is 117 Å². The lowest BCUT2D eigenvalue weighted by Gasteiger charge is -2.11. The lowest BCUT2D eigenvalue weighted by molar-refractivity contribution is 0.415. The highest BCUT2D eigenvalue weighted by Crippen LogP contribution is 2.31. The van der Waals surface area contributed by atoms with Gasteiger partial charge in [0.15, 0.2) is 5.57 Å². The maximum Gasteiger partial charge on any atom is 0.163 e. The Morgan fingerprint density at radius 3 is 2.37 bits per heavy atom. The molecule has 1 aromatic carbocycles. The van der Waals surface area contributed by atoms with Gasteiger partial charge in [-0.15, -0.1) is 0 Å². The molecule has 0 atom stereocenters. The monoisotopic (exact) mass is 320 g/mol. The molecule has 0 aliphatic heterocycles. The summed E-state index contributed by atoms with van der Waals surface area (Å²) < 4.78 is 18.7. The van der Waals surface area contributed by atoms with Crippen molar-refractivity contribution in [1.29, 1.82) is 15.8 Å². The minimum Gasteiger partial charge on any atom is -0.495 e. The van der Waals surface area contributed by atoms with Gasteiger partial charge in [0.05, 0.1) is 17.3 Å². The molecule has 0 saturated heterocycles. The van der Waals surface area contributed by atoms with Crippen molar-refractivity contribution in [2.75, 3.05) is 12.4 Å². The van der Waals surface area contributed by atoms with Crippen LogP contribution in [0, 0.1) is 39.8 Å². The predicted octanol–water partition coefficient (Wildman–Crippen LogP) is 2.83. The number of nitriles is 3. The number of nitrogens with zero attached hydrogens (tertiary/aromatic N) is 3. The van der Waals surface area contributed by atoms with Crippen LogP contribution < -0.4 is 10.1 Å². The van der Waals surface area contributed by atoms with Gasteiger partial charge in [0.25, 0.3) is 0 Å². The summed E-state index contributed by atoms with van der Waals surface area (Å²) in [5.74, 6) is -0.313. The van der Waals surface area contributed by atoms with Gasteiger partial charge in [-0.25, -0.2) is 4.39 Å². The molecule has 0 heterocycles. The minimum absolute atomic E-state index is 0.141. The summed E-state index contributed by atoms with van der Waals surface area (Å²) >= 11 is 3.00. The van der Waals surface area contributed by atoms with Crippen molar-refractivity contribution in [3.05, 3.63) is 33.7 Å². The third-order valence-electron chi connectivity index (χ3n) is 2.09. The van der Waals surface area contributed by atoms with Crippen molar-refractivity contribution in [3.63, 3.8) is 0 Å². The lowest BCUT2D eigenvalue weighted by Crippen LogP contribution is -2.03. The minimum atomic E-state index is -0.573. The number of hydrogen-bond donors (Lipinski definition) is 1. The summed E-state index contributed by atoms with van der Waals surface area (Å²) in [7, 11) is 1.37. The molecule has 0 bridgehead atoms. The molecule has 0 aromatic heterocycles. The fourth-order valence-corrected chi connectivity index (χ4v) is 1.54. The van der Waals surface area contributed by atoms with Gasteiger partial charge in [0, 0.05) is 6.07 Å². The van der Waals surface area contributed by atoms with Crippen molar-refractivity contribution in [1.82, 2.24) is 0 Å². The molecule has 94 valence electrons. The van der Waals surface area contributed by atoms with E-state index < -0.39 is 11.4 Å². The van der Waals surface area contributed by atoms with E-state index in [1.165, 1.54) is 13.2 Å². The molecule has 0 saturated carbocycles. The second-order valence-corrected chi connectivity index (χ2v) is 4.03. The van der Waals surface area contributed by atoms with Gasteiger partial charge in [-0.1, -0.05) is 0 Å². The van der Waals surface area contributed by atoms with Crippen LogP contribution in [0.1, 0.15) is 0 Å². The second kappa shape index (κ2) is 6.39. The third kappa shape index (κ3) is 3.22. The molecular formula is C12H6BrFN4O. The summed E-state index contributed by atoms with van der Waals surface area (Å²) in [5, 5.41) is 28.8. The molecule has 0 radical (unpaired) electrons. The number of rotatable bonds is 3. The van der Waals surface area contributed by atoms with Crippen molar-refractivity contribution in [3.8, 4) is 24.0 Å². The van der Waals surface area contributed by atoms with Crippen LogP contribution in [0.2, 0.25) is 0 Å². The first-order valence-corrected chi connectivity index (χ1v) is 5.61. The van der Waals surface area contributed by atoms with Crippen LogP contribution in [0.15, 0.2) is 27.9 Å². The first-order valence-electron chi connectivity index (χ1n) is 4.82. The zero-order valence-corrected chi connectivity index (χ0v) is 11.2. The van der Waals surface area contributed by atoms with Crippen LogP contribution in [0.25, 0.3) is 0 Å². The number of halogens is 2. The summed E-state index contributed by atoms with van der Waals surface area (Å²) in [5.41, 5.74) is -0.527. The molecule has 1 aromatic rings. The normalized spacial score (nSPS) is 8.63. The van der Waals surface area contributed by atoms with E-state index in [9.17, 15) is 4.39 Å². The Kier molecular flexibility index (Phi) is 4.88. The van der Waals surface area contributed by atoms with Crippen LogP contribution in [0.4, 0.5) is 10.1 Å². The number of benzene rings is 1. The van der Waals surface area contributed by atoms with Crippen LogP contribution in [-0.2, 0) is 0 Å². The molecule has 1 N–H and O–H groups in total. The largest absolute Gasteiger partial charge is 0.495 e. The highest BCUT2D eigenvalue weighted by molar-refractivity contribution is 9.10. The number of hydrogen-bond acceptors (Lipinski definition) is 5. The first-order chi connectivity index (χ1) is 9.07. The van der Waals surface area contributed by atoms with Crippen LogP contribution in [0.3, 0.4) is 0 Å². The van der Waals surface area contributed by atoms with Gasteiger partial charge in [0.1, 0.15) is 35.5 Å². The van der Waals surface area contributed by atoms with Crippen molar-refractivity contribution >= 4 is 21.6 Å². The van der Waals surface area contributed by atoms with Gasteiger partial charge in [-0.3, -0.25) is 0 Å². The van der Waals surface area contributed by atoms with E-state index in [1.54, 1.807) is 18.2 Å². The summed E-state index contributed by atoms with van der Waals surface area (Å²) in [6, 6.07) is 7.28. The Balaban J connectivity index is 3.31. The Hall–Kier alpha value is -2.56. The predicted molar refractivity (Wildman–Crippen MR) is 68.1 cm³/mol. The standard InChI is InChI=1S/C12H6BrFN4O/c1-19-12-2-8(13)9(14)3-10(12)18-11(6-17)7(4-15)5-16/h2-3,18H,1H3. The molecule has 0 aliphatic carbocycles. The maximum absolute atomic E-state index is 13.4. The fourth-order valence-electron chi connectivity index (χ4n) is 1.21. The summed E-state index contributed by atoms with van der Waals surface area (Å²) in [4.78, 5) is 0. The van der Waals surface area contributed by atoms with E-state index in [1.807, 2.05) is 0 Å². The van der Waals surface area contributed by atoms with Gasteiger partial charge in [-0.05, 0) is 22.0 Å². The van der Waals surface area contributed by atoms with Gasteiger partial charge >= 0.3 is 0 Å². The topological polar surface area (TPSA) is 92.6 Å². The van der Waals surface area contributed by atoms with Crippen molar-refractivity contribution < 1.29 is 9.13 Å². The van der Waals surface area contributed by atoms with E-state index in [0.717, 1.165) is 6.07 Å². The number of allylic oxidation sites excluding steroid dienone is 2. The molecule has 7 heteroatoms. The van der Waals surface area contributed by atoms with E-state index >= 15 is 0 Å². The highest BCUT2D eigenvalue weighted by atomic mass is 79.9. The average molecular weight is 321 g/mol. The molecule has 19 heavy (non-hydrogen) atoms. The summed E-state index contributed by atoms with van der Waals surface area (Å²) in [6.07, 6.45) is 0. The zero-order valence-electron chi connectivity index (χ0n) is 9.66. The quantitative estimate of drug-likeness (QED) is 0.864. The molecule has 1 rings (SSSR count). The van der Waals surface area contributed by atoms with Crippen LogP contribution in [0.5, 0.6) is 5.75 Å². The molecule has 0 aliphatic rings. The van der Waals surface area contributed by atoms with Crippen molar-refractivity contribution in [2.45, 2.75) is 0 Å². The fraction of sp³-hybridized carbons (Fsp3) is 0.0833. The number of nitrogens with one attached hydrogen (secondary N) is 1. The first kappa shape index (κ1) is 14.5. The van der Waals surface area contributed by atoms with E-state index in [2.05, 4.69) is 21.2 Å². The average Bonchev–Trinajstić information content (AvgIpc) is 2.42. The third-order valence-corrected chi connectivity index (χ3v) is 2.70. The molecule has 0 fully saturated rings. The maximum atomic E-state index is 13.4. The van der Waals surface area contributed by atoms with Gasteiger partial charge in [0.2, 0.25) is 0 Å². The second-order valence-electron chi connectivity index (χ2n) is 3.18. The van der Waals surface area contributed by atoms with E-state index in [-0.39, 0.29) is 21.6 Å². The van der Waals surface area contributed by atoms with E-state index in [0.29, 0.717) is 0 Å². The number of ether oxygens (including phenoxy) is 1. The van der Waals surface area contributed by atoms with Gasteiger partial charge in [-0.2, -0.15) is 15.8 Å². The molecular weight excluding hydrogens is 315 g/mol. The Morgan fingerprint density at radius 2 is 1.89 bits per heavy atom. The highest BCUT2D eigenvalue weighted by Gasteiger charge is 2.12. The Morgan fingerprint density at radius 1 is 1.26 bits per heavy atom. The molecule has 0 unspecified atom stereocenters. The van der Waals surface area contributed by atoms with Crippen LogP contribution in [-0.4, -0.2) is 7.11 Å².